The van der Waals surface area contributed by atoms with Crippen LogP contribution < -0.4 is 0 Å². The van der Waals surface area contributed by atoms with Crippen molar-refractivity contribution in [3.63, 3.8) is 0 Å². The topological polar surface area (TPSA) is 0 Å². The molecule has 0 aliphatic carbocycles. The van der Waals surface area contributed by atoms with Crippen molar-refractivity contribution in [3.8, 4) is 0 Å². The molecule has 9 heavy (non-hydrogen) atoms. The molecule has 1 radical (unpaired) electrons. The zero-order chi connectivity index (χ0) is 6.24. The summed E-state index contributed by atoms with van der Waals surface area (Å²) in [7, 11) is 0. The molecule has 0 aliphatic rings. The van der Waals surface area contributed by atoms with Gasteiger partial charge < -0.3 is 6.92 Å². The first-order valence-corrected chi connectivity index (χ1v) is 3.71. The predicted octanol–water partition coefficient (Wildman–Crippen LogP) is 3.18. The summed E-state index contributed by atoms with van der Waals surface area (Å²) in [6, 6.07) is 0. The van der Waals surface area contributed by atoms with E-state index in [0.717, 1.165) is 6.42 Å². The average molecular weight is 288 g/mol. The van der Waals surface area contributed by atoms with Crippen LogP contribution in [0.4, 0.5) is 0 Å². The van der Waals surface area contributed by atoms with Crippen LogP contribution in [0.2, 0.25) is 0 Å². The Labute approximate surface area is 88.6 Å². The van der Waals surface area contributed by atoms with E-state index in [1.807, 2.05) is 0 Å². The first kappa shape index (κ1) is 12.9. The van der Waals surface area contributed by atoms with Crippen molar-refractivity contribution in [3.05, 3.63) is 6.92 Å². The van der Waals surface area contributed by atoms with E-state index in [-0.39, 0.29) is 36.9 Å². The average Bonchev–Trinajstić information content (AvgIpc) is 1.81. The normalized spacial score (nSPS) is 8.67. The molecule has 0 saturated heterocycles. The van der Waals surface area contributed by atoms with Crippen molar-refractivity contribution in [1.29, 1.82) is 0 Å². The summed E-state index contributed by atoms with van der Waals surface area (Å²) >= 11 is 0. The Balaban J connectivity index is 0. The Bertz CT molecular complexity index is 29.5. The molecule has 0 rings (SSSR count). The molecule has 0 fully saturated rings. The molecule has 1 heteroatoms. The molecule has 0 nitrogen and oxygen atoms in total. The summed E-state index contributed by atoms with van der Waals surface area (Å²) < 4.78 is 0. The molecule has 0 aromatic carbocycles. The Morgan fingerprint density at radius 1 is 1.00 bits per heavy atom. The van der Waals surface area contributed by atoms with E-state index < -0.39 is 0 Å². The van der Waals surface area contributed by atoms with Crippen LogP contribution in [0.3, 0.4) is 0 Å². The van der Waals surface area contributed by atoms with Crippen LogP contribution in [0.15, 0.2) is 0 Å². The Kier molecular flexibility index (Phi) is 17.1. The van der Waals surface area contributed by atoms with Crippen molar-refractivity contribution >= 4 is 0 Å². The summed E-state index contributed by atoms with van der Waals surface area (Å²) in [6.07, 6.45) is 7.98. The standard InChI is InChI=1S/C8H17.Lu/c1-3-5-7-8-6-4-2;/h1,3-8H2,2H3;/q-1;. The van der Waals surface area contributed by atoms with Crippen LogP contribution in [-0.2, 0) is 0 Å². The van der Waals surface area contributed by atoms with Gasteiger partial charge in [-0.15, -0.1) is 0 Å². The van der Waals surface area contributed by atoms with Crippen LogP contribution in [-0.4, -0.2) is 0 Å². The fourth-order valence-electron chi connectivity index (χ4n) is 0.780. The van der Waals surface area contributed by atoms with Crippen molar-refractivity contribution in [2.24, 2.45) is 0 Å². The van der Waals surface area contributed by atoms with Crippen LogP contribution in [0.1, 0.15) is 45.4 Å². The van der Waals surface area contributed by atoms with Crippen LogP contribution >= 0.6 is 0 Å². The summed E-state index contributed by atoms with van der Waals surface area (Å²) in [4.78, 5) is 0. The van der Waals surface area contributed by atoms with E-state index >= 15 is 0 Å². The second kappa shape index (κ2) is 12.0. The molecule has 0 aromatic rings. The first-order valence-electron chi connectivity index (χ1n) is 3.71. The largest absolute Gasteiger partial charge is 0.343 e. The van der Waals surface area contributed by atoms with E-state index in [4.69, 9.17) is 0 Å². The zero-order valence-corrected chi connectivity index (χ0v) is 7.86. The second-order valence-corrected chi connectivity index (χ2v) is 2.27. The fraction of sp³-hybridized carbons (Fsp3) is 0.875. The number of hydrogen-bond donors (Lipinski definition) is 0. The summed E-state index contributed by atoms with van der Waals surface area (Å²) in [5.74, 6) is 0. The third-order valence-corrected chi connectivity index (χ3v) is 1.35. The molecule has 0 aromatic heterocycles. The quantitative estimate of drug-likeness (QED) is 0.538. The molecular formula is C8H17Lu-. The van der Waals surface area contributed by atoms with Gasteiger partial charge >= 0.3 is 0 Å². The van der Waals surface area contributed by atoms with E-state index in [9.17, 15) is 0 Å². The van der Waals surface area contributed by atoms with Gasteiger partial charge in [0.25, 0.3) is 0 Å². The van der Waals surface area contributed by atoms with Crippen LogP contribution in [0.25, 0.3) is 0 Å². The maximum atomic E-state index is 3.78. The Morgan fingerprint density at radius 2 is 1.56 bits per heavy atom. The van der Waals surface area contributed by atoms with Gasteiger partial charge in [-0.3, -0.25) is 0 Å². The van der Waals surface area contributed by atoms with E-state index in [2.05, 4.69) is 13.8 Å². The van der Waals surface area contributed by atoms with Crippen LogP contribution in [0, 0.1) is 43.8 Å². The third-order valence-electron chi connectivity index (χ3n) is 1.35. The van der Waals surface area contributed by atoms with Gasteiger partial charge in [-0.2, -0.15) is 6.42 Å². The molecule has 0 amide bonds. The monoisotopic (exact) mass is 288 g/mol. The molecule has 0 saturated carbocycles. The summed E-state index contributed by atoms with van der Waals surface area (Å²) in [6.45, 7) is 6.02. The maximum absolute atomic E-state index is 3.78. The zero-order valence-electron chi connectivity index (χ0n) is 6.21. The smallest absolute Gasteiger partial charge is 0 e. The minimum Gasteiger partial charge on any atom is -0.343 e. The van der Waals surface area contributed by atoms with Crippen molar-refractivity contribution in [2.45, 2.75) is 45.4 Å². The third kappa shape index (κ3) is 12.4. The van der Waals surface area contributed by atoms with Gasteiger partial charge in [0, 0.05) is 36.9 Å². The summed E-state index contributed by atoms with van der Waals surface area (Å²) in [5, 5.41) is 0. The molecule has 0 aliphatic heterocycles. The fourth-order valence-corrected chi connectivity index (χ4v) is 0.780. The number of unbranched alkanes of at least 4 members (excludes halogenated alkanes) is 5. The van der Waals surface area contributed by atoms with Crippen molar-refractivity contribution < 1.29 is 36.9 Å². The molecule has 65 valence electrons. The Morgan fingerprint density at radius 3 is 2.00 bits per heavy atom. The minimum atomic E-state index is 0. The van der Waals surface area contributed by atoms with Gasteiger partial charge in [-0.25, -0.2) is 0 Å². The molecule has 0 spiro atoms. The molecule has 0 bridgehead atoms. The van der Waals surface area contributed by atoms with E-state index in [1.165, 1.54) is 32.1 Å². The SMILES string of the molecule is [CH2-]CCCCCCC.[Lu]. The summed E-state index contributed by atoms with van der Waals surface area (Å²) in [5.41, 5.74) is 0. The van der Waals surface area contributed by atoms with Gasteiger partial charge in [0.2, 0.25) is 0 Å². The molecule has 0 unspecified atom stereocenters. The molecular weight excluding hydrogens is 271 g/mol. The van der Waals surface area contributed by atoms with Gasteiger partial charge in [-0.1, -0.05) is 39.0 Å². The molecule has 0 atom stereocenters. The predicted molar refractivity (Wildman–Crippen MR) is 38.7 cm³/mol. The van der Waals surface area contributed by atoms with Gasteiger partial charge in [-0.05, 0) is 0 Å². The van der Waals surface area contributed by atoms with E-state index in [0.29, 0.717) is 0 Å². The van der Waals surface area contributed by atoms with Gasteiger partial charge in [0.15, 0.2) is 0 Å². The maximum Gasteiger partial charge on any atom is 0 e. The van der Waals surface area contributed by atoms with Crippen molar-refractivity contribution in [2.75, 3.05) is 0 Å². The molecule has 0 heterocycles. The number of rotatable bonds is 5. The van der Waals surface area contributed by atoms with E-state index in [1.54, 1.807) is 0 Å². The van der Waals surface area contributed by atoms with Gasteiger partial charge in [0.1, 0.15) is 0 Å². The number of hydrogen-bond acceptors (Lipinski definition) is 0. The second-order valence-electron chi connectivity index (χ2n) is 2.27. The van der Waals surface area contributed by atoms with Crippen LogP contribution in [0.5, 0.6) is 0 Å². The molecule has 0 N–H and O–H groups in total. The van der Waals surface area contributed by atoms with Gasteiger partial charge in [0.05, 0.1) is 0 Å². The minimum absolute atomic E-state index is 0. The van der Waals surface area contributed by atoms with Crippen molar-refractivity contribution in [1.82, 2.24) is 0 Å². The Hall–Kier alpha value is 1.23. The first-order chi connectivity index (χ1) is 3.91.